The van der Waals surface area contributed by atoms with Crippen molar-refractivity contribution in [1.82, 2.24) is 19.2 Å². The first-order chi connectivity index (χ1) is 12.6. The van der Waals surface area contributed by atoms with Crippen molar-refractivity contribution < 1.29 is 4.84 Å². The Labute approximate surface area is 153 Å². The van der Waals surface area contributed by atoms with Gasteiger partial charge in [-0.15, -0.1) is 0 Å². The van der Waals surface area contributed by atoms with Gasteiger partial charge < -0.3 is 4.84 Å². The molecule has 2 aliphatic rings. The molecule has 0 atom stereocenters. The van der Waals surface area contributed by atoms with Crippen LogP contribution >= 0.6 is 0 Å². The van der Waals surface area contributed by atoms with Gasteiger partial charge in [-0.1, -0.05) is 25.4 Å². The summed E-state index contributed by atoms with van der Waals surface area (Å²) < 4.78 is 3.77. The summed E-state index contributed by atoms with van der Waals surface area (Å²) in [5.74, 6) is 0.677. The number of rotatable bonds is 4. The van der Waals surface area contributed by atoms with Gasteiger partial charge in [0.1, 0.15) is 11.9 Å². The summed E-state index contributed by atoms with van der Waals surface area (Å²) in [6.07, 6.45) is 8.66. The van der Waals surface area contributed by atoms with Crippen LogP contribution < -0.4 is 5.56 Å². The van der Waals surface area contributed by atoms with Crippen LogP contribution in [0.5, 0.6) is 0 Å². The zero-order chi connectivity index (χ0) is 18.3. The molecule has 140 valence electrons. The molecule has 7 nitrogen and oxygen atoms in total. The van der Waals surface area contributed by atoms with E-state index in [9.17, 15) is 4.79 Å². The Morgan fingerprint density at radius 2 is 2.08 bits per heavy atom. The van der Waals surface area contributed by atoms with Crippen LogP contribution in [0.25, 0.3) is 5.78 Å². The summed E-state index contributed by atoms with van der Waals surface area (Å²) in [4.78, 5) is 23.5. The molecule has 1 saturated carbocycles. The molecule has 0 radical (unpaired) electrons. The highest BCUT2D eigenvalue weighted by Crippen LogP contribution is 2.42. The Morgan fingerprint density at radius 3 is 2.69 bits per heavy atom. The SMILES string of the molecule is CCCc1c(CC)c(=O)n(C2CCC3(CC2)CC(C)=NO3)c2ncnn12. The van der Waals surface area contributed by atoms with E-state index in [1.165, 1.54) is 0 Å². The van der Waals surface area contributed by atoms with Gasteiger partial charge in [0.25, 0.3) is 5.56 Å². The third-order valence-electron chi connectivity index (χ3n) is 5.87. The van der Waals surface area contributed by atoms with Crippen molar-refractivity contribution in [2.45, 2.75) is 83.8 Å². The average molecular weight is 357 g/mol. The van der Waals surface area contributed by atoms with Crippen LogP contribution in [0.4, 0.5) is 0 Å². The molecule has 1 spiro atoms. The zero-order valence-electron chi connectivity index (χ0n) is 15.9. The van der Waals surface area contributed by atoms with E-state index in [1.54, 1.807) is 6.33 Å². The lowest BCUT2D eigenvalue weighted by molar-refractivity contribution is -0.0528. The Balaban J connectivity index is 1.72. The fourth-order valence-electron chi connectivity index (χ4n) is 4.62. The molecule has 0 aromatic carbocycles. The normalized spacial score (nSPS) is 25.7. The molecule has 2 aromatic heterocycles. The van der Waals surface area contributed by atoms with Crippen molar-refractivity contribution in [2.75, 3.05) is 0 Å². The van der Waals surface area contributed by atoms with Gasteiger partial charge in [0.15, 0.2) is 0 Å². The Bertz CT molecular complexity index is 903. The van der Waals surface area contributed by atoms with Gasteiger partial charge in [0, 0.05) is 18.0 Å². The van der Waals surface area contributed by atoms with Gasteiger partial charge >= 0.3 is 0 Å². The van der Waals surface area contributed by atoms with Crippen LogP contribution in [0.2, 0.25) is 0 Å². The number of fused-ring (bicyclic) bond motifs is 1. The minimum Gasteiger partial charge on any atom is -0.389 e. The molecule has 2 aromatic rings. The van der Waals surface area contributed by atoms with Crippen molar-refractivity contribution in [3.8, 4) is 0 Å². The zero-order valence-corrected chi connectivity index (χ0v) is 15.9. The Hall–Kier alpha value is -2.18. The fourth-order valence-corrected chi connectivity index (χ4v) is 4.62. The third-order valence-corrected chi connectivity index (χ3v) is 5.87. The van der Waals surface area contributed by atoms with Crippen molar-refractivity contribution in [3.63, 3.8) is 0 Å². The molecule has 26 heavy (non-hydrogen) atoms. The van der Waals surface area contributed by atoms with Crippen LogP contribution in [-0.4, -0.2) is 30.5 Å². The molecular formula is C19H27N5O2. The largest absolute Gasteiger partial charge is 0.389 e. The molecule has 0 amide bonds. The second-order valence-corrected chi connectivity index (χ2v) is 7.68. The molecule has 1 aliphatic carbocycles. The number of aryl methyl sites for hydroxylation is 1. The van der Waals surface area contributed by atoms with Gasteiger partial charge in [-0.25, -0.2) is 4.52 Å². The molecule has 3 heterocycles. The van der Waals surface area contributed by atoms with Crippen molar-refractivity contribution in [2.24, 2.45) is 5.16 Å². The number of hydrogen-bond acceptors (Lipinski definition) is 5. The molecule has 7 heteroatoms. The molecule has 0 N–H and O–H groups in total. The minimum absolute atomic E-state index is 0.108. The van der Waals surface area contributed by atoms with Crippen LogP contribution in [0.1, 0.15) is 76.6 Å². The van der Waals surface area contributed by atoms with E-state index in [-0.39, 0.29) is 17.2 Å². The molecule has 0 saturated heterocycles. The second kappa shape index (κ2) is 6.52. The Morgan fingerprint density at radius 1 is 1.31 bits per heavy atom. The van der Waals surface area contributed by atoms with E-state index in [0.29, 0.717) is 5.78 Å². The number of nitrogens with zero attached hydrogens (tertiary/aromatic N) is 5. The van der Waals surface area contributed by atoms with Crippen LogP contribution in [0, 0.1) is 0 Å². The maximum Gasteiger partial charge on any atom is 0.258 e. The summed E-state index contributed by atoms with van der Waals surface area (Å²) in [7, 11) is 0. The molecule has 1 fully saturated rings. The maximum atomic E-state index is 13.3. The first kappa shape index (κ1) is 17.2. The van der Waals surface area contributed by atoms with E-state index in [1.807, 2.05) is 22.9 Å². The van der Waals surface area contributed by atoms with E-state index in [4.69, 9.17) is 4.84 Å². The van der Waals surface area contributed by atoms with Crippen molar-refractivity contribution >= 4 is 11.5 Å². The van der Waals surface area contributed by atoms with Gasteiger partial charge in [-0.2, -0.15) is 10.1 Å². The van der Waals surface area contributed by atoms with E-state index >= 15 is 0 Å². The summed E-state index contributed by atoms with van der Waals surface area (Å²) in [6.45, 7) is 6.19. The van der Waals surface area contributed by atoms with Crippen molar-refractivity contribution in [3.05, 3.63) is 27.9 Å². The topological polar surface area (TPSA) is 73.8 Å². The van der Waals surface area contributed by atoms with E-state index in [2.05, 4.69) is 22.2 Å². The predicted octanol–water partition coefficient (Wildman–Crippen LogP) is 3.06. The highest BCUT2D eigenvalue weighted by Gasteiger charge is 2.42. The molecule has 0 unspecified atom stereocenters. The summed E-state index contributed by atoms with van der Waals surface area (Å²) >= 11 is 0. The van der Waals surface area contributed by atoms with E-state index in [0.717, 1.165) is 68.3 Å². The fraction of sp³-hybridized carbons (Fsp3) is 0.684. The lowest BCUT2D eigenvalue weighted by Crippen LogP contribution is -2.39. The lowest BCUT2D eigenvalue weighted by atomic mass is 9.79. The van der Waals surface area contributed by atoms with Crippen LogP contribution in [0.3, 0.4) is 0 Å². The summed E-state index contributed by atoms with van der Waals surface area (Å²) in [5.41, 5.74) is 2.92. The van der Waals surface area contributed by atoms with Crippen LogP contribution in [0.15, 0.2) is 16.3 Å². The van der Waals surface area contributed by atoms with Gasteiger partial charge in [0.05, 0.1) is 11.4 Å². The Kier molecular flexibility index (Phi) is 4.32. The number of oxime groups is 1. The van der Waals surface area contributed by atoms with Crippen LogP contribution in [-0.2, 0) is 17.7 Å². The summed E-state index contributed by atoms with van der Waals surface area (Å²) in [6, 6.07) is 0.144. The smallest absolute Gasteiger partial charge is 0.258 e. The first-order valence-electron chi connectivity index (χ1n) is 9.76. The third kappa shape index (κ3) is 2.64. The monoisotopic (exact) mass is 357 g/mol. The van der Waals surface area contributed by atoms with Gasteiger partial charge in [-0.3, -0.25) is 9.36 Å². The lowest BCUT2D eigenvalue weighted by Gasteiger charge is -2.35. The predicted molar refractivity (Wildman–Crippen MR) is 99.7 cm³/mol. The van der Waals surface area contributed by atoms with Gasteiger partial charge in [-0.05, 0) is 45.4 Å². The molecule has 1 aliphatic heterocycles. The quantitative estimate of drug-likeness (QED) is 0.843. The maximum absolute atomic E-state index is 13.3. The summed E-state index contributed by atoms with van der Waals surface area (Å²) in [5, 5.41) is 8.58. The molecule has 4 rings (SSSR count). The molecular weight excluding hydrogens is 330 g/mol. The average Bonchev–Trinajstić information content (AvgIpc) is 3.24. The number of hydrogen-bond donors (Lipinski definition) is 0. The van der Waals surface area contributed by atoms with E-state index < -0.39 is 0 Å². The molecule has 0 bridgehead atoms. The number of aromatic nitrogens is 4. The highest BCUT2D eigenvalue weighted by molar-refractivity contribution is 5.83. The standard InChI is InChI=1S/C19H27N5O2/c1-4-6-16-15(5-2)17(25)23(18-20-12-21-24(16)18)14-7-9-19(10-8-14)11-13(3)22-26-19/h12,14H,4-11H2,1-3H3. The highest BCUT2D eigenvalue weighted by atomic mass is 16.7. The minimum atomic E-state index is -0.149. The van der Waals surface area contributed by atoms with Crippen molar-refractivity contribution in [1.29, 1.82) is 0 Å². The van der Waals surface area contributed by atoms with Gasteiger partial charge in [0.2, 0.25) is 5.78 Å². The second-order valence-electron chi connectivity index (χ2n) is 7.68. The first-order valence-corrected chi connectivity index (χ1v) is 9.76.